The number of fused-ring (bicyclic) bond motifs is 1. The predicted octanol–water partition coefficient (Wildman–Crippen LogP) is 1.22. The molecule has 3 aliphatic rings. The van der Waals surface area contributed by atoms with Crippen molar-refractivity contribution in [2.45, 2.75) is 44.2 Å². The Morgan fingerprint density at radius 3 is 2.79 bits per heavy atom. The Morgan fingerprint density at radius 2 is 2.04 bits per heavy atom. The number of aliphatic hydroxyl groups excluding tert-OH is 1. The van der Waals surface area contributed by atoms with Crippen LogP contribution in [-0.2, 0) is 17.6 Å². The molecule has 1 aliphatic carbocycles. The van der Waals surface area contributed by atoms with E-state index in [1.807, 2.05) is 17.0 Å². The summed E-state index contributed by atoms with van der Waals surface area (Å²) in [5.74, 6) is 1.18. The molecule has 2 atom stereocenters. The minimum absolute atomic E-state index is 0.180. The van der Waals surface area contributed by atoms with Crippen LogP contribution in [0.3, 0.4) is 0 Å². The molecule has 0 aromatic heterocycles. The first-order valence-electron chi connectivity index (χ1n) is 9.15. The second kappa shape index (κ2) is 6.73. The van der Waals surface area contributed by atoms with E-state index in [9.17, 15) is 9.90 Å². The summed E-state index contributed by atoms with van der Waals surface area (Å²) in [6.45, 7) is 4.06. The molecule has 1 saturated carbocycles. The molecule has 1 amide bonds. The summed E-state index contributed by atoms with van der Waals surface area (Å²) in [6, 6.07) is 6.42. The Hall–Kier alpha value is -1.59. The average Bonchev–Trinajstić information content (AvgIpc) is 3.23. The van der Waals surface area contributed by atoms with E-state index >= 15 is 0 Å². The molecule has 5 heteroatoms. The Labute approximate surface area is 143 Å². The van der Waals surface area contributed by atoms with E-state index in [0.29, 0.717) is 12.5 Å². The van der Waals surface area contributed by atoms with Crippen molar-refractivity contribution in [2.75, 3.05) is 32.8 Å². The van der Waals surface area contributed by atoms with Gasteiger partial charge in [-0.2, -0.15) is 0 Å². The number of benzene rings is 1. The molecule has 0 unspecified atom stereocenters. The van der Waals surface area contributed by atoms with Crippen LogP contribution in [0.4, 0.5) is 0 Å². The number of carbonyl (C=O) groups excluding carboxylic acids is 1. The first-order valence-corrected chi connectivity index (χ1v) is 9.15. The monoisotopic (exact) mass is 330 g/mol. The minimum Gasteiger partial charge on any atom is -0.493 e. The molecule has 4 rings (SSSR count). The lowest BCUT2D eigenvalue weighted by molar-refractivity contribution is -0.132. The number of amides is 1. The lowest BCUT2D eigenvalue weighted by atomic mass is 10.1. The first kappa shape index (κ1) is 15.9. The number of ether oxygens (including phenoxy) is 1. The number of hydrogen-bond donors (Lipinski definition) is 1. The number of hydrogen-bond acceptors (Lipinski definition) is 4. The third-order valence-corrected chi connectivity index (χ3v) is 5.69. The van der Waals surface area contributed by atoms with Crippen LogP contribution in [0.15, 0.2) is 18.2 Å². The van der Waals surface area contributed by atoms with Gasteiger partial charge in [-0.1, -0.05) is 12.1 Å². The SMILES string of the molecule is O=C(Cc1ccc2c(c1)CCO2)N1CCN([C@H]2CCC[C@@H]2O)CC1. The van der Waals surface area contributed by atoms with E-state index in [-0.39, 0.29) is 12.0 Å². The number of carbonyl (C=O) groups is 1. The van der Waals surface area contributed by atoms with Gasteiger partial charge in [0.1, 0.15) is 5.75 Å². The number of nitrogens with zero attached hydrogens (tertiary/aromatic N) is 2. The van der Waals surface area contributed by atoms with Crippen molar-refractivity contribution < 1.29 is 14.6 Å². The highest BCUT2D eigenvalue weighted by Gasteiger charge is 2.33. The molecule has 1 aromatic carbocycles. The zero-order valence-electron chi connectivity index (χ0n) is 14.1. The van der Waals surface area contributed by atoms with Crippen molar-refractivity contribution in [3.8, 4) is 5.75 Å². The van der Waals surface area contributed by atoms with Gasteiger partial charge in [-0.05, 0) is 36.5 Å². The van der Waals surface area contributed by atoms with Gasteiger partial charge in [0.2, 0.25) is 5.91 Å². The molecule has 2 heterocycles. The van der Waals surface area contributed by atoms with Gasteiger partial charge in [-0.25, -0.2) is 0 Å². The summed E-state index contributed by atoms with van der Waals surface area (Å²) < 4.78 is 5.52. The predicted molar refractivity (Wildman–Crippen MR) is 91.1 cm³/mol. The Kier molecular flexibility index (Phi) is 4.46. The van der Waals surface area contributed by atoms with Crippen LogP contribution in [0, 0.1) is 0 Å². The molecule has 1 aromatic rings. The molecule has 0 radical (unpaired) electrons. The Bertz CT molecular complexity index is 611. The van der Waals surface area contributed by atoms with E-state index in [1.165, 1.54) is 5.56 Å². The first-order chi connectivity index (χ1) is 11.7. The fourth-order valence-corrected chi connectivity index (χ4v) is 4.29. The summed E-state index contributed by atoms with van der Waals surface area (Å²) in [5, 5.41) is 10.1. The molecular weight excluding hydrogens is 304 g/mol. The quantitative estimate of drug-likeness (QED) is 0.905. The molecule has 1 N–H and O–H groups in total. The van der Waals surface area contributed by atoms with E-state index in [0.717, 1.165) is 69.8 Å². The van der Waals surface area contributed by atoms with Crippen LogP contribution in [-0.4, -0.2) is 65.7 Å². The van der Waals surface area contributed by atoms with Gasteiger partial charge in [0.15, 0.2) is 0 Å². The van der Waals surface area contributed by atoms with E-state index < -0.39 is 0 Å². The molecule has 130 valence electrons. The molecule has 5 nitrogen and oxygen atoms in total. The van der Waals surface area contributed by atoms with E-state index in [2.05, 4.69) is 11.0 Å². The summed E-state index contributed by atoms with van der Waals surface area (Å²) in [4.78, 5) is 16.9. The van der Waals surface area contributed by atoms with Crippen LogP contribution in [0.25, 0.3) is 0 Å². The fourth-order valence-electron chi connectivity index (χ4n) is 4.29. The topological polar surface area (TPSA) is 53.0 Å². The summed E-state index contributed by atoms with van der Waals surface area (Å²) >= 11 is 0. The highest BCUT2D eigenvalue weighted by atomic mass is 16.5. The maximum absolute atomic E-state index is 12.6. The van der Waals surface area contributed by atoms with Gasteiger partial charge in [0.05, 0.1) is 19.1 Å². The molecule has 2 fully saturated rings. The molecule has 0 bridgehead atoms. The van der Waals surface area contributed by atoms with Gasteiger partial charge in [0.25, 0.3) is 0 Å². The maximum Gasteiger partial charge on any atom is 0.227 e. The van der Waals surface area contributed by atoms with Gasteiger partial charge in [-0.15, -0.1) is 0 Å². The van der Waals surface area contributed by atoms with Crippen molar-refractivity contribution in [2.24, 2.45) is 0 Å². The number of piperazine rings is 1. The Morgan fingerprint density at radius 1 is 1.21 bits per heavy atom. The third-order valence-electron chi connectivity index (χ3n) is 5.69. The van der Waals surface area contributed by atoms with Crippen LogP contribution >= 0.6 is 0 Å². The summed E-state index contributed by atoms with van der Waals surface area (Å²) in [7, 11) is 0. The molecular formula is C19H26N2O3. The molecule has 2 aliphatic heterocycles. The van der Waals surface area contributed by atoms with Crippen molar-refractivity contribution in [3.63, 3.8) is 0 Å². The zero-order chi connectivity index (χ0) is 16.5. The summed E-state index contributed by atoms with van der Waals surface area (Å²) in [6.07, 6.45) is 4.37. The highest BCUT2D eigenvalue weighted by molar-refractivity contribution is 5.79. The molecule has 0 spiro atoms. The highest BCUT2D eigenvalue weighted by Crippen LogP contribution is 2.27. The number of rotatable bonds is 3. The zero-order valence-corrected chi connectivity index (χ0v) is 14.1. The Balaban J connectivity index is 1.31. The molecule has 24 heavy (non-hydrogen) atoms. The van der Waals surface area contributed by atoms with E-state index in [1.54, 1.807) is 0 Å². The average molecular weight is 330 g/mol. The van der Waals surface area contributed by atoms with Gasteiger partial charge in [0, 0.05) is 38.6 Å². The smallest absolute Gasteiger partial charge is 0.227 e. The normalized spacial score (nSPS) is 27.1. The lowest BCUT2D eigenvalue weighted by Gasteiger charge is -2.39. The second-order valence-electron chi connectivity index (χ2n) is 7.20. The van der Waals surface area contributed by atoms with Crippen molar-refractivity contribution in [1.29, 1.82) is 0 Å². The van der Waals surface area contributed by atoms with Gasteiger partial charge >= 0.3 is 0 Å². The largest absolute Gasteiger partial charge is 0.493 e. The third kappa shape index (κ3) is 3.15. The lowest BCUT2D eigenvalue weighted by Crippen LogP contribution is -2.53. The minimum atomic E-state index is -0.180. The maximum atomic E-state index is 12.6. The van der Waals surface area contributed by atoms with Crippen LogP contribution in [0.1, 0.15) is 30.4 Å². The van der Waals surface area contributed by atoms with Gasteiger partial charge in [-0.3, -0.25) is 9.69 Å². The second-order valence-corrected chi connectivity index (χ2v) is 7.20. The number of aliphatic hydroxyl groups is 1. The van der Waals surface area contributed by atoms with Crippen molar-refractivity contribution in [1.82, 2.24) is 9.80 Å². The molecule has 1 saturated heterocycles. The van der Waals surface area contributed by atoms with Crippen LogP contribution in [0.2, 0.25) is 0 Å². The van der Waals surface area contributed by atoms with Crippen molar-refractivity contribution in [3.05, 3.63) is 29.3 Å². The van der Waals surface area contributed by atoms with Crippen LogP contribution in [0.5, 0.6) is 5.75 Å². The van der Waals surface area contributed by atoms with Crippen LogP contribution < -0.4 is 4.74 Å². The van der Waals surface area contributed by atoms with Gasteiger partial charge < -0.3 is 14.7 Å². The standard InChI is InChI=1S/C19H26N2O3/c22-17-3-1-2-16(17)20-7-9-21(10-8-20)19(23)13-14-4-5-18-15(12-14)6-11-24-18/h4-5,12,16-17,22H,1-3,6-11,13H2/t16-,17-/m0/s1. The van der Waals surface area contributed by atoms with E-state index in [4.69, 9.17) is 4.74 Å². The summed E-state index contributed by atoms with van der Waals surface area (Å²) in [5.41, 5.74) is 2.30. The van der Waals surface area contributed by atoms with Crippen molar-refractivity contribution >= 4 is 5.91 Å². The fraction of sp³-hybridized carbons (Fsp3) is 0.632.